The first-order chi connectivity index (χ1) is 13.5. The van der Waals surface area contributed by atoms with Gasteiger partial charge in [0.1, 0.15) is 18.5 Å². The number of amides is 2. The molecule has 8 nitrogen and oxygen atoms in total. The molecule has 1 atom stereocenters. The molecule has 0 saturated carbocycles. The van der Waals surface area contributed by atoms with Crippen LogP contribution in [0.4, 0.5) is 16.3 Å². The van der Waals surface area contributed by atoms with E-state index in [9.17, 15) is 4.79 Å². The van der Waals surface area contributed by atoms with Crippen LogP contribution in [0.1, 0.15) is 17.7 Å². The number of hydrogen-bond donors (Lipinski definition) is 2. The Labute approximate surface area is 165 Å². The van der Waals surface area contributed by atoms with Crippen molar-refractivity contribution in [3.8, 4) is 5.75 Å². The van der Waals surface area contributed by atoms with Crippen molar-refractivity contribution in [1.82, 2.24) is 14.9 Å². The molecule has 1 fully saturated rings. The Hall–Kier alpha value is -2.71. The fraction of sp³-hybridized carbons (Fsp3) is 0.450. The standard InChI is InChI=1S/C20H27N5O3/c1-14-5-6-18(28-13-16-12-25(3)7-4-8-27-16)17(9-14)23-20(26)24-19-11-21-15(2)10-22-19/h5-6,9-11,16H,4,7-8,12-13H2,1-3H3,(H2,22,23,24,26). The smallest absolute Gasteiger partial charge is 0.324 e. The number of benzene rings is 1. The number of aromatic nitrogens is 2. The summed E-state index contributed by atoms with van der Waals surface area (Å²) in [5, 5.41) is 5.50. The zero-order valence-corrected chi connectivity index (χ0v) is 16.6. The van der Waals surface area contributed by atoms with Crippen LogP contribution in [-0.2, 0) is 4.74 Å². The predicted octanol–water partition coefficient (Wildman–Crippen LogP) is 2.84. The Morgan fingerprint density at radius 3 is 2.93 bits per heavy atom. The molecule has 3 rings (SSSR count). The molecule has 2 heterocycles. The molecule has 8 heteroatoms. The number of urea groups is 1. The van der Waals surface area contributed by atoms with E-state index in [2.05, 4.69) is 32.5 Å². The van der Waals surface area contributed by atoms with Crippen LogP contribution < -0.4 is 15.4 Å². The highest BCUT2D eigenvalue weighted by Crippen LogP contribution is 2.26. The van der Waals surface area contributed by atoms with Gasteiger partial charge < -0.3 is 19.7 Å². The summed E-state index contributed by atoms with van der Waals surface area (Å²) in [6.07, 6.45) is 4.13. The van der Waals surface area contributed by atoms with Crippen molar-refractivity contribution in [3.05, 3.63) is 41.9 Å². The average Bonchev–Trinajstić information content (AvgIpc) is 2.87. The molecule has 1 saturated heterocycles. The summed E-state index contributed by atoms with van der Waals surface area (Å²) in [6, 6.07) is 5.27. The molecular formula is C20H27N5O3. The van der Waals surface area contributed by atoms with E-state index < -0.39 is 6.03 Å². The van der Waals surface area contributed by atoms with Gasteiger partial charge >= 0.3 is 6.03 Å². The molecule has 1 aromatic heterocycles. The van der Waals surface area contributed by atoms with Crippen molar-refractivity contribution in [2.75, 3.05) is 44.0 Å². The van der Waals surface area contributed by atoms with Gasteiger partial charge in [-0.15, -0.1) is 0 Å². The van der Waals surface area contributed by atoms with Gasteiger partial charge in [0.25, 0.3) is 0 Å². The van der Waals surface area contributed by atoms with Crippen molar-refractivity contribution in [1.29, 1.82) is 0 Å². The van der Waals surface area contributed by atoms with E-state index in [1.807, 2.05) is 32.0 Å². The minimum atomic E-state index is -0.404. The molecule has 1 aromatic carbocycles. The van der Waals surface area contributed by atoms with Gasteiger partial charge in [0.2, 0.25) is 0 Å². The average molecular weight is 385 g/mol. The molecule has 2 N–H and O–H groups in total. The Kier molecular flexibility index (Phi) is 6.78. The lowest BCUT2D eigenvalue weighted by molar-refractivity contribution is 0.0236. The number of rotatable bonds is 5. The largest absolute Gasteiger partial charge is 0.489 e. The van der Waals surface area contributed by atoms with Crippen LogP contribution in [0, 0.1) is 13.8 Å². The molecule has 0 radical (unpaired) electrons. The van der Waals surface area contributed by atoms with Gasteiger partial charge in [0, 0.05) is 19.7 Å². The zero-order chi connectivity index (χ0) is 19.9. The number of likely N-dealkylation sites (N-methyl/N-ethyl adjacent to an activating group) is 1. The van der Waals surface area contributed by atoms with Crippen LogP contribution in [0.15, 0.2) is 30.6 Å². The number of hydrogen-bond acceptors (Lipinski definition) is 6. The van der Waals surface area contributed by atoms with Crippen LogP contribution in [0.5, 0.6) is 5.75 Å². The van der Waals surface area contributed by atoms with Gasteiger partial charge in [-0.25, -0.2) is 9.78 Å². The summed E-state index contributed by atoms with van der Waals surface area (Å²) in [5.41, 5.74) is 2.40. The maximum Gasteiger partial charge on any atom is 0.324 e. The van der Waals surface area contributed by atoms with Crippen molar-refractivity contribution in [2.45, 2.75) is 26.4 Å². The first-order valence-electron chi connectivity index (χ1n) is 9.40. The minimum absolute atomic E-state index is 0.00156. The quantitative estimate of drug-likeness (QED) is 0.823. The summed E-state index contributed by atoms with van der Waals surface area (Å²) >= 11 is 0. The molecule has 1 unspecified atom stereocenters. The van der Waals surface area contributed by atoms with Gasteiger partial charge in [-0.1, -0.05) is 6.07 Å². The lowest BCUT2D eigenvalue weighted by atomic mass is 10.2. The molecular weight excluding hydrogens is 358 g/mol. The third kappa shape index (κ3) is 5.90. The third-order valence-electron chi connectivity index (χ3n) is 4.38. The van der Waals surface area contributed by atoms with Gasteiger partial charge in [-0.05, 0) is 45.0 Å². The van der Waals surface area contributed by atoms with Crippen molar-refractivity contribution >= 4 is 17.5 Å². The monoisotopic (exact) mass is 385 g/mol. The van der Waals surface area contributed by atoms with E-state index in [0.717, 1.165) is 37.4 Å². The van der Waals surface area contributed by atoms with Gasteiger partial charge in [0.15, 0.2) is 5.82 Å². The Bertz CT molecular complexity index is 797. The number of carbonyl (C=O) groups excluding carboxylic acids is 1. The highest BCUT2D eigenvalue weighted by atomic mass is 16.5. The first-order valence-corrected chi connectivity index (χ1v) is 9.40. The van der Waals surface area contributed by atoms with Gasteiger partial charge in [0.05, 0.1) is 23.8 Å². The van der Waals surface area contributed by atoms with E-state index in [4.69, 9.17) is 9.47 Å². The highest BCUT2D eigenvalue weighted by Gasteiger charge is 2.18. The van der Waals surface area contributed by atoms with Crippen molar-refractivity contribution in [3.63, 3.8) is 0 Å². The predicted molar refractivity (Wildman–Crippen MR) is 108 cm³/mol. The second kappa shape index (κ2) is 9.48. The van der Waals surface area contributed by atoms with Crippen LogP contribution >= 0.6 is 0 Å². The number of ether oxygens (including phenoxy) is 2. The fourth-order valence-electron chi connectivity index (χ4n) is 2.95. The molecule has 150 valence electrons. The Balaban J connectivity index is 1.63. The van der Waals surface area contributed by atoms with Gasteiger partial charge in [-0.2, -0.15) is 0 Å². The highest BCUT2D eigenvalue weighted by molar-refractivity contribution is 6.00. The molecule has 0 bridgehead atoms. The van der Waals surface area contributed by atoms with Crippen molar-refractivity contribution in [2.24, 2.45) is 0 Å². The molecule has 1 aliphatic rings. The second-order valence-electron chi connectivity index (χ2n) is 7.04. The van der Waals surface area contributed by atoms with E-state index in [1.165, 1.54) is 6.20 Å². The van der Waals surface area contributed by atoms with Crippen LogP contribution in [0.3, 0.4) is 0 Å². The molecule has 2 aromatic rings. The fourth-order valence-corrected chi connectivity index (χ4v) is 2.95. The zero-order valence-electron chi connectivity index (χ0n) is 16.6. The molecule has 0 aliphatic carbocycles. The lowest BCUT2D eigenvalue weighted by Crippen LogP contribution is -2.32. The Morgan fingerprint density at radius 2 is 2.14 bits per heavy atom. The number of anilines is 2. The van der Waals surface area contributed by atoms with Crippen molar-refractivity contribution < 1.29 is 14.3 Å². The van der Waals surface area contributed by atoms with Crippen LogP contribution in [0.2, 0.25) is 0 Å². The number of carbonyl (C=O) groups is 1. The van der Waals surface area contributed by atoms with E-state index in [-0.39, 0.29) is 6.10 Å². The van der Waals surface area contributed by atoms with E-state index >= 15 is 0 Å². The third-order valence-corrected chi connectivity index (χ3v) is 4.38. The molecule has 28 heavy (non-hydrogen) atoms. The summed E-state index contributed by atoms with van der Waals surface area (Å²) in [4.78, 5) is 22.8. The normalized spacial score (nSPS) is 17.6. The number of aryl methyl sites for hydroxylation is 2. The maximum absolute atomic E-state index is 12.3. The number of nitrogens with zero attached hydrogens (tertiary/aromatic N) is 3. The first kappa shape index (κ1) is 20.0. The summed E-state index contributed by atoms with van der Waals surface area (Å²) in [5.74, 6) is 0.986. The van der Waals surface area contributed by atoms with E-state index in [1.54, 1.807) is 6.20 Å². The number of nitrogens with one attached hydrogen (secondary N) is 2. The topological polar surface area (TPSA) is 88.6 Å². The second-order valence-corrected chi connectivity index (χ2v) is 7.04. The lowest BCUT2D eigenvalue weighted by Gasteiger charge is -2.21. The Morgan fingerprint density at radius 1 is 1.29 bits per heavy atom. The summed E-state index contributed by atoms with van der Waals surface area (Å²) < 4.78 is 11.8. The minimum Gasteiger partial charge on any atom is -0.489 e. The SMILES string of the molecule is Cc1ccc(OCC2CN(C)CCCO2)c(NC(=O)Nc2cnc(C)cn2)c1. The van der Waals surface area contributed by atoms with Crippen LogP contribution in [-0.4, -0.2) is 60.4 Å². The maximum atomic E-state index is 12.3. The van der Waals surface area contributed by atoms with Crippen LogP contribution in [0.25, 0.3) is 0 Å². The molecule has 1 aliphatic heterocycles. The summed E-state index contributed by atoms with van der Waals surface area (Å²) in [6.45, 7) is 6.80. The van der Waals surface area contributed by atoms with Gasteiger partial charge in [-0.3, -0.25) is 10.3 Å². The van der Waals surface area contributed by atoms with E-state index in [0.29, 0.717) is 23.9 Å². The summed E-state index contributed by atoms with van der Waals surface area (Å²) in [7, 11) is 2.08. The molecule has 2 amide bonds. The molecule has 0 spiro atoms.